The summed E-state index contributed by atoms with van der Waals surface area (Å²) in [5.74, 6) is 0.0214. The van der Waals surface area contributed by atoms with Crippen LogP contribution >= 0.6 is 24.0 Å². The monoisotopic (exact) mass is 390 g/mol. The minimum Gasteiger partial charge on any atom is -0.379 e. The molecular formula is C20H26N2O2S2. The first-order chi connectivity index (χ1) is 12.3. The fraction of sp³-hybridized carbons (Fsp3) is 0.500. The molecular weight excluding hydrogens is 364 g/mol. The Hall–Kier alpha value is -1.21. The van der Waals surface area contributed by atoms with E-state index in [9.17, 15) is 4.79 Å². The summed E-state index contributed by atoms with van der Waals surface area (Å²) < 4.78 is 6.02. The van der Waals surface area contributed by atoms with Crippen LogP contribution in [0.5, 0.6) is 0 Å². The average Bonchev–Trinajstić information content (AvgIpc) is 2.87. The number of benzene rings is 1. The molecule has 140 valence electrons. The van der Waals surface area contributed by atoms with E-state index in [1.54, 1.807) is 4.90 Å². The third kappa shape index (κ3) is 4.74. The van der Waals surface area contributed by atoms with Crippen molar-refractivity contribution < 1.29 is 9.53 Å². The van der Waals surface area contributed by atoms with E-state index < -0.39 is 0 Å². The SMILES string of the molecule is CC(C)(C)c1ccc(/C=C2\SC(=S)N(CCN3CCOCC3)C2=O)cc1. The van der Waals surface area contributed by atoms with Gasteiger partial charge in [0.1, 0.15) is 4.32 Å². The molecule has 0 aliphatic carbocycles. The Bertz CT molecular complexity index is 702. The highest BCUT2D eigenvalue weighted by Gasteiger charge is 2.32. The van der Waals surface area contributed by atoms with Gasteiger partial charge in [-0.2, -0.15) is 0 Å². The second kappa shape index (κ2) is 8.21. The maximum Gasteiger partial charge on any atom is 0.266 e. The van der Waals surface area contributed by atoms with Crippen molar-refractivity contribution in [1.82, 2.24) is 9.80 Å². The highest BCUT2D eigenvalue weighted by molar-refractivity contribution is 8.26. The zero-order valence-corrected chi connectivity index (χ0v) is 17.3. The van der Waals surface area contributed by atoms with Gasteiger partial charge in [0.2, 0.25) is 0 Å². The number of thiocarbonyl (C=S) groups is 1. The molecule has 0 unspecified atom stereocenters. The average molecular weight is 391 g/mol. The van der Waals surface area contributed by atoms with Gasteiger partial charge in [0, 0.05) is 26.2 Å². The quantitative estimate of drug-likeness (QED) is 0.580. The molecule has 0 bridgehead atoms. The van der Waals surface area contributed by atoms with E-state index in [0.29, 0.717) is 15.8 Å². The summed E-state index contributed by atoms with van der Waals surface area (Å²) in [5, 5.41) is 0. The van der Waals surface area contributed by atoms with Crippen molar-refractivity contribution in [1.29, 1.82) is 0 Å². The largest absolute Gasteiger partial charge is 0.379 e. The van der Waals surface area contributed by atoms with E-state index in [-0.39, 0.29) is 11.3 Å². The van der Waals surface area contributed by atoms with Crippen LogP contribution < -0.4 is 0 Å². The van der Waals surface area contributed by atoms with Gasteiger partial charge in [-0.3, -0.25) is 14.6 Å². The number of morpholine rings is 1. The van der Waals surface area contributed by atoms with Crippen molar-refractivity contribution in [2.75, 3.05) is 39.4 Å². The van der Waals surface area contributed by atoms with Crippen LogP contribution in [0.25, 0.3) is 6.08 Å². The number of ether oxygens (including phenoxy) is 1. The van der Waals surface area contributed by atoms with Crippen molar-refractivity contribution >= 4 is 40.3 Å². The third-order valence-corrected chi connectivity index (χ3v) is 6.07. The predicted molar refractivity (Wildman–Crippen MR) is 112 cm³/mol. The normalized spacial score (nSPS) is 21.0. The second-order valence-electron chi connectivity index (χ2n) is 7.66. The highest BCUT2D eigenvalue weighted by Crippen LogP contribution is 2.32. The molecule has 4 nitrogen and oxygen atoms in total. The van der Waals surface area contributed by atoms with E-state index in [2.05, 4.69) is 49.9 Å². The molecule has 2 aliphatic rings. The molecule has 0 N–H and O–H groups in total. The Balaban J connectivity index is 1.64. The van der Waals surface area contributed by atoms with Gasteiger partial charge in [-0.15, -0.1) is 0 Å². The number of rotatable bonds is 4. The molecule has 1 aromatic rings. The number of hydrogen-bond donors (Lipinski definition) is 0. The summed E-state index contributed by atoms with van der Waals surface area (Å²) in [6.07, 6.45) is 1.94. The van der Waals surface area contributed by atoms with Crippen LogP contribution in [0.15, 0.2) is 29.2 Å². The number of nitrogens with zero attached hydrogens (tertiary/aromatic N) is 2. The minimum absolute atomic E-state index is 0.0214. The van der Waals surface area contributed by atoms with Gasteiger partial charge in [-0.05, 0) is 22.6 Å². The van der Waals surface area contributed by atoms with Crippen LogP contribution in [0.4, 0.5) is 0 Å². The van der Waals surface area contributed by atoms with Crippen molar-refractivity contribution in [3.05, 3.63) is 40.3 Å². The molecule has 0 aromatic heterocycles. The summed E-state index contributed by atoms with van der Waals surface area (Å²) >= 11 is 6.83. The van der Waals surface area contributed by atoms with Crippen LogP contribution in [-0.4, -0.2) is 59.4 Å². The molecule has 1 aromatic carbocycles. The predicted octanol–water partition coefficient (Wildman–Crippen LogP) is 3.52. The summed E-state index contributed by atoms with van der Waals surface area (Å²) in [7, 11) is 0. The lowest BCUT2D eigenvalue weighted by molar-refractivity contribution is -0.122. The number of amides is 1. The lowest BCUT2D eigenvalue weighted by Gasteiger charge is -2.28. The molecule has 6 heteroatoms. The van der Waals surface area contributed by atoms with Gasteiger partial charge in [-0.25, -0.2) is 0 Å². The Morgan fingerprint density at radius 3 is 2.42 bits per heavy atom. The molecule has 1 amide bonds. The number of hydrogen-bond acceptors (Lipinski definition) is 5. The lowest BCUT2D eigenvalue weighted by Crippen LogP contribution is -2.42. The summed E-state index contributed by atoms with van der Waals surface area (Å²) in [6, 6.07) is 8.40. The molecule has 26 heavy (non-hydrogen) atoms. The first kappa shape index (κ1) is 19.5. The van der Waals surface area contributed by atoms with E-state index in [4.69, 9.17) is 17.0 Å². The van der Waals surface area contributed by atoms with Crippen LogP contribution in [0.1, 0.15) is 31.9 Å². The molecule has 2 fully saturated rings. The summed E-state index contributed by atoms with van der Waals surface area (Å²) in [5.41, 5.74) is 2.45. The van der Waals surface area contributed by atoms with Gasteiger partial charge < -0.3 is 4.74 Å². The van der Waals surface area contributed by atoms with E-state index in [1.165, 1.54) is 17.3 Å². The minimum atomic E-state index is 0.0214. The lowest BCUT2D eigenvalue weighted by atomic mass is 9.87. The fourth-order valence-corrected chi connectivity index (χ4v) is 4.30. The standard InChI is InChI=1S/C20H26N2O2S2/c1-20(2,3)16-6-4-15(5-7-16)14-17-18(23)22(19(25)26-17)9-8-21-10-12-24-13-11-21/h4-7,14H,8-13H2,1-3H3/b17-14-. The van der Waals surface area contributed by atoms with E-state index in [0.717, 1.165) is 38.4 Å². The van der Waals surface area contributed by atoms with Crippen molar-refractivity contribution in [3.63, 3.8) is 0 Å². The molecule has 0 spiro atoms. The molecule has 2 aliphatic heterocycles. The zero-order chi connectivity index (χ0) is 18.7. The molecule has 2 heterocycles. The van der Waals surface area contributed by atoms with Gasteiger partial charge in [0.05, 0.1) is 18.1 Å². The van der Waals surface area contributed by atoms with Crippen LogP contribution in [0.3, 0.4) is 0 Å². The molecule has 3 rings (SSSR count). The summed E-state index contributed by atoms with van der Waals surface area (Å²) in [6.45, 7) is 11.4. The first-order valence-corrected chi connectivity index (χ1v) is 10.2. The van der Waals surface area contributed by atoms with Crippen LogP contribution in [0, 0.1) is 0 Å². The first-order valence-electron chi connectivity index (χ1n) is 9.00. The Labute approximate surface area is 165 Å². The third-order valence-electron chi connectivity index (χ3n) is 4.69. The Morgan fingerprint density at radius 2 is 1.81 bits per heavy atom. The zero-order valence-electron chi connectivity index (χ0n) is 15.7. The molecule has 0 atom stereocenters. The maximum atomic E-state index is 12.7. The van der Waals surface area contributed by atoms with E-state index >= 15 is 0 Å². The summed E-state index contributed by atoms with van der Waals surface area (Å²) in [4.78, 5) is 17.5. The Kier molecular flexibility index (Phi) is 6.17. The molecule has 0 radical (unpaired) electrons. The smallest absolute Gasteiger partial charge is 0.266 e. The van der Waals surface area contributed by atoms with Crippen LogP contribution in [-0.2, 0) is 14.9 Å². The van der Waals surface area contributed by atoms with E-state index in [1.807, 2.05) is 6.08 Å². The van der Waals surface area contributed by atoms with Crippen molar-refractivity contribution in [3.8, 4) is 0 Å². The highest BCUT2D eigenvalue weighted by atomic mass is 32.2. The van der Waals surface area contributed by atoms with Gasteiger partial charge in [0.15, 0.2) is 0 Å². The van der Waals surface area contributed by atoms with Crippen LogP contribution in [0.2, 0.25) is 0 Å². The maximum absolute atomic E-state index is 12.7. The fourth-order valence-electron chi connectivity index (χ4n) is 2.99. The topological polar surface area (TPSA) is 32.8 Å². The molecule has 2 saturated heterocycles. The van der Waals surface area contributed by atoms with Crippen molar-refractivity contribution in [2.45, 2.75) is 26.2 Å². The molecule has 0 saturated carbocycles. The van der Waals surface area contributed by atoms with Gasteiger partial charge in [0.25, 0.3) is 5.91 Å². The van der Waals surface area contributed by atoms with Gasteiger partial charge in [-0.1, -0.05) is 69.0 Å². The Morgan fingerprint density at radius 1 is 1.15 bits per heavy atom. The number of thioether (sulfide) groups is 1. The number of carbonyl (C=O) groups excluding carboxylic acids is 1. The van der Waals surface area contributed by atoms with Crippen molar-refractivity contribution in [2.24, 2.45) is 0 Å². The second-order valence-corrected chi connectivity index (χ2v) is 9.34. The number of carbonyl (C=O) groups is 1. The van der Waals surface area contributed by atoms with Gasteiger partial charge >= 0.3 is 0 Å².